The van der Waals surface area contributed by atoms with E-state index < -0.39 is 0 Å². The second-order valence-electron chi connectivity index (χ2n) is 5.62. The zero-order valence-electron chi connectivity index (χ0n) is 11.9. The molecule has 0 spiro atoms. The minimum Gasteiger partial charge on any atom is -0.493 e. The highest BCUT2D eigenvalue weighted by molar-refractivity contribution is 5.40. The van der Waals surface area contributed by atoms with E-state index in [9.17, 15) is 0 Å². The van der Waals surface area contributed by atoms with Crippen LogP contribution in [0.5, 0.6) is 5.75 Å². The molecule has 0 aliphatic carbocycles. The third-order valence-corrected chi connectivity index (χ3v) is 4.20. The monoisotopic (exact) mass is 267 g/mol. The van der Waals surface area contributed by atoms with Gasteiger partial charge in [0.1, 0.15) is 5.75 Å². The maximum absolute atomic E-state index is 6.00. The first-order valence-corrected chi connectivity index (χ1v) is 7.26. The molecule has 0 amide bonds. The first-order valence-electron chi connectivity index (χ1n) is 7.26. The normalized spacial score (nSPS) is 18.4. The van der Waals surface area contributed by atoms with Crippen molar-refractivity contribution in [1.29, 1.82) is 0 Å². The van der Waals surface area contributed by atoms with Crippen molar-refractivity contribution in [3.05, 3.63) is 65.2 Å². The van der Waals surface area contributed by atoms with Gasteiger partial charge >= 0.3 is 0 Å². The molecule has 2 unspecified atom stereocenters. The van der Waals surface area contributed by atoms with E-state index in [0.29, 0.717) is 18.4 Å². The Bertz CT molecular complexity index is 576. The Morgan fingerprint density at radius 1 is 1.15 bits per heavy atom. The Morgan fingerprint density at radius 2 is 1.90 bits per heavy atom. The van der Waals surface area contributed by atoms with Crippen LogP contribution in [-0.4, -0.2) is 13.2 Å². The van der Waals surface area contributed by atoms with E-state index in [0.717, 1.165) is 18.8 Å². The van der Waals surface area contributed by atoms with Crippen molar-refractivity contribution in [2.24, 2.45) is 5.73 Å². The van der Waals surface area contributed by atoms with Gasteiger partial charge in [0.25, 0.3) is 0 Å². The highest BCUT2D eigenvalue weighted by Gasteiger charge is 2.26. The SMILES string of the molecule is Cc1ccc(C(CN)CC2COc3ccccc32)cc1. The van der Waals surface area contributed by atoms with E-state index >= 15 is 0 Å². The lowest BCUT2D eigenvalue weighted by Crippen LogP contribution is -2.16. The number of fused-ring (bicyclic) bond motifs is 1. The van der Waals surface area contributed by atoms with Gasteiger partial charge in [-0.15, -0.1) is 0 Å². The van der Waals surface area contributed by atoms with Gasteiger partial charge in [-0.25, -0.2) is 0 Å². The van der Waals surface area contributed by atoms with Crippen molar-refractivity contribution >= 4 is 0 Å². The summed E-state index contributed by atoms with van der Waals surface area (Å²) < 4.78 is 5.77. The molecule has 3 rings (SSSR count). The predicted molar refractivity (Wildman–Crippen MR) is 82.3 cm³/mol. The molecule has 20 heavy (non-hydrogen) atoms. The van der Waals surface area contributed by atoms with E-state index in [1.807, 2.05) is 6.07 Å². The van der Waals surface area contributed by atoms with Gasteiger partial charge in [0.2, 0.25) is 0 Å². The van der Waals surface area contributed by atoms with E-state index in [-0.39, 0.29) is 0 Å². The topological polar surface area (TPSA) is 35.2 Å². The van der Waals surface area contributed by atoms with Crippen molar-refractivity contribution in [3.63, 3.8) is 0 Å². The largest absolute Gasteiger partial charge is 0.493 e. The van der Waals surface area contributed by atoms with Gasteiger partial charge in [-0.2, -0.15) is 0 Å². The second kappa shape index (κ2) is 5.68. The van der Waals surface area contributed by atoms with E-state index in [4.69, 9.17) is 10.5 Å². The van der Waals surface area contributed by atoms with Crippen LogP contribution in [0.4, 0.5) is 0 Å². The summed E-state index contributed by atoms with van der Waals surface area (Å²) in [6.07, 6.45) is 1.05. The molecule has 0 radical (unpaired) electrons. The van der Waals surface area contributed by atoms with Crippen LogP contribution in [0, 0.1) is 6.92 Å². The zero-order chi connectivity index (χ0) is 13.9. The first kappa shape index (κ1) is 13.2. The molecular formula is C18H21NO. The molecule has 0 saturated carbocycles. The molecule has 2 aromatic carbocycles. The lowest BCUT2D eigenvalue weighted by molar-refractivity contribution is 0.319. The lowest BCUT2D eigenvalue weighted by atomic mass is 9.86. The number of benzene rings is 2. The Kier molecular flexibility index (Phi) is 3.75. The first-order chi connectivity index (χ1) is 9.78. The number of para-hydroxylation sites is 1. The van der Waals surface area contributed by atoms with Crippen LogP contribution >= 0.6 is 0 Å². The smallest absolute Gasteiger partial charge is 0.122 e. The quantitative estimate of drug-likeness (QED) is 0.918. The van der Waals surface area contributed by atoms with Gasteiger partial charge in [0, 0.05) is 11.5 Å². The molecule has 0 bridgehead atoms. The molecule has 0 fully saturated rings. The Balaban J connectivity index is 1.78. The number of ether oxygens (including phenoxy) is 1. The van der Waals surface area contributed by atoms with Crippen molar-refractivity contribution < 1.29 is 4.74 Å². The molecule has 0 saturated heterocycles. The van der Waals surface area contributed by atoms with Crippen molar-refractivity contribution in [2.45, 2.75) is 25.2 Å². The van der Waals surface area contributed by atoms with Crippen LogP contribution in [0.1, 0.15) is 34.9 Å². The van der Waals surface area contributed by atoms with E-state index in [1.54, 1.807) is 0 Å². The number of hydrogen-bond acceptors (Lipinski definition) is 2. The molecule has 2 aromatic rings. The number of nitrogens with two attached hydrogens (primary N) is 1. The van der Waals surface area contributed by atoms with Crippen molar-refractivity contribution in [1.82, 2.24) is 0 Å². The van der Waals surface area contributed by atoms with Gasteiger partial charge in [0.15, 0.2) is 0 Å². The molecule has 2 heteroatoms. The third kappa shape index (κ3) is 2.56. The average Bonchev–Trinajstić information content (AvgIpc) is 2.89. The Morgan fingerprint density at radius 3 is 2.65 bits per heavy atom. The molecule has 0 aromatic heterocycles. The average molecular weight is 267 g/mol. The summed E-state index contributed by atoms with van der Waals surface area (Å²) in [6, 6.07) is 17.1. The zero-order valence-corrected chi connectivity index (χ0v) is 11.9. The minimum atomic E-state index is 0.398. The van der Waals surface area contributed by atoms with Crippen LogP contribution in [0.3, 0.4) is 0 Å². The van der Waals surface area contributed by atoms with Gasteiger partial charge in [-0.3, -0.25) is 0 Å². The van der Waals surface area contributed by atoms with Gasteiger partial charge in [-0.05, 0) is 37.4 Å². The van der Waals surface area contributed by atoms with Crippen molar-refractivity contribution in [2.75, 3.05) is 13.2 Å². The molecule has 1 heterocycles. The summed E-state index contributed by atoms with van der Waals surface area (Å²) in [5.74, 6) is 1.90. The Labute approximate surface area is 120 Å². The van der Waals surface area contributed by atoms with Gasteiger partial charge in [0.05, 0.1) is 6.61 Å². The molecule has 104 valence electrons. The van der Waals surface area contributed by atoms with Gasteiger partial charge < -0.3 is 10.5 Å². The summed E-state index contributed by atoms with van der Waals surface area (Å²) in [6.45, 7) is 3.58. The van der Waals surface area contributed by atoms with Crippen LogP contribution < -0.4 is 10.5 Å². The lowest BCUT2D eigenvalue weighted by Gasteiger charge is -2.19. The highest BCUT2D eigenvalue weighted by Crippen LogP contribution is 2.39. The molecule has 2 N–H and O–H groups in total. The molecule has 1 aliphatic rings. The number of rotatable bonds is 4. The van der Waals surface area contributed by atoms with Crippen LogP contribution in [-0.2, 0) is 0 Å². The highest BCUT2D eigenvalue weighted by atomic mass is 16.5. The fourth-order valence-electron chi connectivity index (χ4n) is 2.97. The standard InChI is InChI=1S/C18H21NO/c1-13-6-8-14(9-7-13)15(11-19)10-16-12-20-18-5-3-2-4-17(16)18/h2-9,15-16H,10-12,19H2,1H3. The number of aryl methyl sites for hydroxylation is 1. The summed E-state index contributed by atoms with van der Waals surface area (Å²) in [4.78, 5) is 0. The summed E-state index contributed by atoms with van der Waals surface area (Å²) in [7, 11) is 0. The summed E-state index contributed by atoms with van der Waals surface area (Å²) in [5, 5.41) is 0. The molecule has 2 atom stereocenters. The van der Waals surface area contributed by atoms with Crippen LogP contribution in [0.2, 0.25) is 0 Å². The Hall–Kier alpha value is -1.80. The predicted octanol–water partition coefficient (Wildman–Crippen LogP) is 3.60. The second-order valence-corrected chi connectivity index (χ2v) is 5.62. The molecule has 2 nitrogen and oxygen atoms in total. The van der Waals surface area contributed by atoms with E-state index in [2.05, 4.69) is 49.4 Å². The maximum atomic E-state index is 6.00. The van der Waals surface area contributed by atoms with Crippen LogP contribution in [0.15, 0.2) is 48.5 Å². The summed E-state index contributed by atoms with van der Waals surface area (Å²) in [5.41, 5.74) is 9.96. The molecular weight excluding hydrogens is 246 g/mol. The van der Waals surface area contributed by atoms with E-state index in [1.165, 1.54) is 16.7 Å². The van der Waals surface area contributed by atoms with Crippen LogP contribution in [0.25, 0.3) is 0 Å². The van der Waals surface area contributed by atoms with Crippen molar-refractivity contribution in [3.8, 4) is 5.75 Å². The molecule has 1 aliphatic heterocycles. The summed E-state index contributed by atoms with van der Waals surface area (Å²) >= 11 is 0. The van der Waals surface area contributed by atoms with Gasteiger partial charge in [-0.1, -0.05) is 48.0 Å². The fourth-order valence-corrected chi connectivity index (χ4v) is 2.97. The minimum absolute atomic E-state index is 0.398. The fraction of sp³-hybridized carbons (Fsp3) is 0.333. The number of hydrogen-bond donors (Lipinski definition) is 1. The third-order valence-electron chi connectivity index (χ3n) is 4.20. The maximum Gasteiger partial charge on any atom is 0.122 e.